The average Bonchev–Trinajstić information content (AvgIpc) is 2.12. The third-order valence-corrected chi connectivity index (χ3v) is 3.05. The second-order valence-corrected chi connectivity index (χ2v) is 4.60. The molecule has 2 aliphatic rings. The van der Waals surface area contributed by atoms with Crippen molar-refractivity contribution >= 4 is 0 Å². The molecule has 2 aliphatic heterocycles. The molecule has 2 fully saturated rings. The van der Waals surface area contributed by atoms with E-state index < -0.39 is 0 Å². The summed E-state index contributed by atoms with van der Waals surface area (Å²) in [5, 5.41) is 0. The number of ether oxygens (including phenoxy) is 2. The van der Waals surface area contributed by atoms with Gasteiger partial charge in [0, 0.05) is 32.3 Å². The summed E-state index contributed by atoms with van der Waals surface area (Å²) in [5.74, 6) is 0. The maximum absolute atomic E-state index is 5.73. The molecule has 3 heteroatoms. The summed E-state index contributed by atoms with van der Waals surface area (Å²) in [6.07, 6.45) is 3.26. The van der Waals surface area contributed by atoms with Crippen LogP contribution in [-0.4, -0.2) is 49.5 Å². The van der Waals surface area contributed by atoms with Crippen molar-refractivity contribution in [3.05, 3.63) is 0 Å². The maximum atomic E-state index is 5.73. The first-order valence-corrected chi connectivity index (χ1v) is 5.73. The van der Waals surface area contributed by atoms with Crippen molar-refractivity contribution in [3.63, 3.8) is 0 Å². The van der Waals surface area contributed by atoms with Crippen LogP contribution in [0.15, 0.2) is 0 Å². The van der Waals surface area contributed by atoms with E-state index in [1.165, 1.54) is 12.8 Å². The lowest BCUT2D eigenvalue weighted by Crippen LogP contribution is -2.58. The summed E-state index contributed by atoms with van der Waals surface area (Å²) in [5.41, 5.74) is 0. The molecule has 2 heterocycles. The SMILES string of the molecule is CC(C)OC1CN(C2CCOCC2)C1. The highest BCUT2D eigenvalue weighted by Gasteiger charge is 2.33. The Hall–Kier alpha value is -0.120. The van der Waals surface area contributed by atoms with Gasteiger partial charge in [-0.3, -0.25) is 4.90 Å². The first kappa shape index (κ1) is 10.4. The van der Waals surface area contributed by atoms with Crippen LogP contribution in [-0.2, 0) is 9.47 Å². The largest absolute Gasteiger partial charge is 0.381 e. The molecule has 0 amide bonds. The van der Waals surface area contributed by atoms with Crippen LogP contribution >= 0.6 is 0 Å². The van der Waals surface area contributed by atoms with Crippen molar-refractivity contribution in [1.29, 1.82) is 0 Å². The van der Waals surface area contributed by atoms with E-state index >= 15 is 0 Å². The van der Waals surface area contributed by atoms with Crippen molar-refractivity contribution in [2.24, 2.45) is 0 Å². The minimum Gasteiger partial charge on any atom is -0.381 e. The molecule has 0 spiro atoms. The lowest BCUT2D eigenvalue weighted by Gasteiger charge is -2.45. The van der Waals surface area contributed by atoms with E-state index in [1.54, 1.807) is 0 Å². The van der Waals surface area contributed by atoms with Gasteiger partial charge in [-0.15, -0.1) is 0 Å². The topological polar surface area (TPSA) is 21.7 Å². The Morgan fingerprint density at radius 3 is 2.43 bits per heavy atom. The molecule has 0 radical (unpaired) electrons. The average molecular weight is 199 g/mol. The van der Waals surface area contributed by atoms with Gasteiger partial charge in [-0.2, -0.15) is 0 Å². The Bertz CT molecular complexity index is 172. The van der Waals surface area contributed by atoms with E-state index in [0.29, 0.717) is 12.2 Å². The van der Waals surface area contributed by atoms with E-state index in [4.69, 9.17) is 9.47 Å². The van der Waals surface area contributed by atoms with Gasteiger partial charge in [0.05, 0.1) is 12.2 Å². The van der Waals surface area contributed by atoms with Gasteiger partial charge in [0.15, 0.2) is 0 Å². The van der Waals surface area contributed by atoms with Crippen molar-refractivity contribution < 1.29 is 9.47 Å². The van der Waals surface area contributed by atoms with Crippen LogP contribution in [0.5, 0.6) is 0 Å². The Kier molecular flexibility index (Phi) is 3.42. The predicted molar refractivity (Wildman–Crippen MR) is 55.4 cm³/mol. The molecular weight excluding hydrogens is 178 g/mol. The highest BCUT2D eigenvalue weighted by molar-refractivity contribution is 4.87. The molecule has 0 aromatic carbocycles. The number of rotatable bonds is 3. The Morgan fingerprint density at radius 2 is 1.86 bits per heavy atom. The first-order chi connectivity index (χ1) is 6.75. The van der Waals surface area contributed by atoms with E-state index in [9.17, 15) is 0 Å². The second-order valence-electron chi connectivity index (χ2n) is 4.60. The molecule has 0 bridgehead atoms. The molecule has 0 aromatic rings. The smallest absolute Gasteiger partial charge is 0.0832 e. The van der Waals surface area contributed by atoms with Crippen LogP contribution in [0.3, 0.4) is 0 Å². The Labute approximate surface area is 86.4 Å². The van der Waals surface area contributed by atoms with E-state index in [-0.39, 0.29) is 0 Å². The number of nitrogens with zero attached hydrogens (tertiary/aromatic N) is 1. The van der Waals surface area contributed by atoms with Gasteiger partial charge >= 0.3 is 0 Å². The van der Waals surface area contributed by atoms with Crippen LogP contribution in [0.4, 0.5) is 0 Å². The van der Waals surface area contributed by atoms with Crippen LogP contribution in [0, 0.1) is 0 Å². The normalized spacial score (nSPS) is 26.8. The quantitative estimate of drug-likeness (QED) is 0.683. The molecule has 3 nitrogen and oxygen atoms in total. The van der Waals surface area contributed by atoms with Gasteiger partial charge in [0.2, 0.25) is 0 Å². The minimum absolute atomic E-state index is 0.372. The van der Waals surface area contributed by atoms with Crippen LogP contribution < -0.4 is 0 Å². The summed E-state index contributed by atoms with van der Waals surface area (Å²) in [4.78, 5) is 2.54. The Morgan fingerprint density at radius 1 is 1.21 bits per heavy atom. The molecule has 0 N–H and O–H groups in total. The summed E-state index contributed by atoms with van der Waals surface area (Å²) in [6, 6.07) is 0.760. The molecule has 82 valence electrons. The summed E-state index contributed by atoms with van der Waals surface area (Å²) in [7, 11) is 0. The molecule has 2 saturated heterocycles. The fourth-order valence-corrected chi connectivity index (χ4v) is 2.29. The van der Waals surface area contributed by atoms with Gasteiger partial charge in [-0.1, -0.05) is 0 Å². The zero-order chi connectivity index (χ0) is 9.97. The highest BCUT2D eigenvalue weighted by atomic mass is 16.5. The number of hydrogen-bond donors (Lipinski definition) is 0. The standard InChI is InChI=1S/C11H21NO2/c1-9(2)14-11-7-12(8-11)10-3-5-13-6-4-10/h9-11H,3-8H2,1-2H3. The first-order valence-electron chi connectivity index (χ1n) is 5.73. The van der Waals surface area contributed by atoms with Gasteiger partial charge in [-0.25, -0.2) is 0 Å². The van der Waals surface area contributed by atoms with E-state index in [0.717, 1.165) is 32.3 Å². The zero-order valence-electron chi connectivity index (χ0n) is 9.24. The van der Waals surface area contributed by atoms with E-state index in [1.807, 2.05) is 0 Å². The summed E-state index contributed by atoms with van der Waals surface area (Å²) >= 11 is 0. The maximum Gasteiger partial charge on any atom is 0.0832 e. The molecule has 14 heavy (non-hydrogen) atoms. The Balaban J connectivity index is 1.66. The predicted octanol–water partition coefficient (Wildman–Crippen LogP) is 1.27. The highest BCUT2D eigenvalue weighted by Crippen LogP contribution is 2.22. The molecule has 2 rings (SSSR count). The second kappa shape index (κ2) is 4.60. The van der Waals surface area contributed by atoms with Crippen molar-refractivity contribution in [2.45, 2.75) is 44.9 Å². The van der Waals surface area contributed by atoms with Crippen molar-refractivity contribution in [2.75, 3.05) is 26.3 Å². The fraction of sp³-hybridized carbons (Fsp3) is 1.00. The van der Waals surface area contributed by atoms with Gasteiger partial charge in [0.25, 0.3) is 0 Å². The van der Waals surface area contributed by atoms with Crippen molar-refractivity contribution in [3.8, 4) is 0 Å². The van der Waals surface area contributed by atoms with Gasteiger partial charge < -0.3 is 9.47 Å². The van der Waals surface area contributed by atoms with E-state index in [2.05, 4.69) is 18.7 Å². The molecule has 0 aromatic heterocycles. The van der Waals surface area contributed by atoms with Crippen molar-refractivity contribution in [1.82, 2.24) is 4.90 Å². The molecule has 0 unspecified atom stereocenters. The minimum atomic E-state index is 0.372. The summed E-state index contributed by atoms with van der Waals surface area (Å²) < 4.78 is 11.1. The van der Waals surface area contributed by atoms with Crippen LogP contribution in [0.1, 0.15) is 26.7 Å². The van der Waals surface area contributed by atoms with Crippen LogP contribution in [0.25, 0.3) is 0 Å². The van der Waals surface area contributed by atoms with Gasteiger partial charge in [0.1, 0.15) is 0 Å². The fourth-order valence-electron chi connectivity index (χ4n) is 2.29. The molecular formula is C11H21NO2. The molecule has 0 atom stereocenters. The van der Waals surface area contributed by atoms with Gasteiger partial charge in [-0.05, 0) is 26.7 Å². The molecule has 0 saturated carbocycles. The van der Waals surface area contributed by atoms with Crippen LogP contribution in [0.2, 0.25) is 0 Å². The lowest BCUT2D eigenvalue weighted by molar-refractivity contribution is -0.108. The lowest BCUT2D eigenvalue weighted by atomic mass is 10.0. The number of hydrogen-bond acceptors (Lipinski definition) is 3. The third kappa shape index (κ3) is 2.47. The third-order valence-electron chi connectivity index (χ3n) is 3.05. The number of likely N-dealkylation sites (tertiary alicyclic amines) is 1. The molecule has 0 aliphatic carbocycles. The summed E-state index contributed by atoms with van der Waals surface area (Å²) in [6.45, 7) is 8.35. The monoisotopic (exact) mass is 199 g/mol. The zero-order valence-corrected chi connectivity index (χ0v) is 9.24.